The van der Waals surface area contributed by atoms with Crippen LogP contribution in [0.4, 0.5) is 4.39 Å². The van der Waals surface area contributed by atoms with Crippen LogP contribution in [0, 0.1) is 5.92 Å². The zero-order valence-corrected chi connectivity index (χ0v) is 10.3. The van der Waals surface area contributed by atoms with Crippen LogP contribution in [0.2, 0.25) is 5.02 Å². The lowest BCUT2D eigenvalue weighted by atomic mass is 9.84. The summed E-state index contributed by atoms with van der Waals surface area (Å²) in [5.74, 6) is 0.0439. The molecule has 0 amide bonds. The van der Waals surface area contributed by atoms with Crippen molar-refractivity contribution in [2.75, 3.05) is 13.1 Å². The summed E-state index contributed by atoms with van der Waals surface area (Å²) >= 11 is 7.41. The molecule has 1 fully saturated rings. The lowest BCUT2D eigenvalue weighted by Gasteiger charge is -2.33. The molecule has 2 atom stereocenters. The lowest BCUT2D eigenvalue weighted by Crippen LogP contribution is -2.39. The van der Waals surface area contributed by atoms with Crippen LogP contribution in [0.15, 0.2) is 11.4 Å². The second-order valence-corrected chi connectivity index (χ2v) is 5.54. The third kappa shape index (κ3) is 2.19. The van der Waals surface area contributed by atoms with Gasteiger partial charge in [0.1, 0.15) is 5.67 Å². The van der Waals surface area contributed by atoms with Gasteiger partial charge in [0.2, 0.25) is 0 Å². The van der Waals surface area contributed by atoms with Crippen LogP contribution >= 0.6 is 22.9 Å². The van der Waals surface area contributed by atoms with E-state index in [1.54, 1.807) is 13.0 Å². The Labute approximate surface area is 98.6 Å². The third-order valence-corrected chi connectivity index (χ3v) is 4.68. The van der Waals surface area contributed by atoms with Gasteiger partial charge in [-0.2, -0.15) is 0 Å². The van der Waals surface area contributed by atoms with E-state index in [9.17, 15) is 4.39 Å². The molecule has 84 valence electrons. The number of rotatable bonds is 2. The molecule has 1 aliphatic heterocycles. The van der Waals surface area contributed by atoms with Crippen LogP contribution in [0.25, 0.3) is 0 Å². The highest BCUT2D eigenvalue weighted by Crippen LogP contribution is 2.43. The van der Waals surface area contributed by atoms with E-state index in [0.29, 0.717) is 9.90 Å². The van der Waals surface area contributed by atoms with Crippen molar-refractivity contribution < 1.29 is 4.39 Å². The molecule has 0 saturated carbocycles. The Hall–Kier alpha value is -0.120. The molecule has 2 unspecified atom stereocenters. The first-order chi connectivity index (χ1) is 7.12. The molecule has 0 radical (unpaired) electrons. The van der Waals surface area contributed by atoms with Crippen LogP contribution < -0.4 is 5.32 Å². The van der Waals surface area contributed by atoms with Crippen LogP contribution in [0.1, 0.15) is 24.6 Å². The number of hydrogen-bond acceptors (Lipinski definition) is 2. The van der Waals surface area contributed by atoms with Crippen LogP contribution in [0.3, 0.4) is 0 Å². The number of nitrogens with one attached hydrogen (secondary N) is 1. The molecule has 1 saturated heterocycles. The van der Waals surface area contributed by atoms with E-state index in [1.807, 2.05) is 5.38 Å². The van der Waals surface area contributed by atoms with Gasteiger partial charge in [-0.15, -0.1) is 11.3 Å². The molecule has 1 nitrogen and oxygen atoms in total. The Morgan fingerprint density at radius 1 is 1.67 bits per heavy atom. The van der Waals surface area contributed by atoms with Gasteiger partial charge >= 0.3 is 0 Å². The smallest absolute Gasteiger partial charge is 0.147 e. The van der Waals surface area contributed by atoms with Gasteiger partial charge in [0, 0.05) is 12.5 Å². The Morgan fingerprint density at radius 3 is 3.00 bits per heavy atom. The fraction of sp³-hybridized carbons (Fsp3) is 0.636. The minimum atomic E-state index is -1.29. The van der Waals surface area contributed by atoms with E-state index in [1.165, 1.54) is 11.3 Å². The van der Waals surface area contributed by atoms with Crippen molar-refractivity contribution in [2.45, 2.75) is 25.4 Å². The Bertz CT molecular complexity index is 331. The average Bonchev–Trinajstić information content (AvgIpc) is 2.66. The molecular formula is C11H15ClFNS. The van der Waals surface area contributed by atoms with Crippen molar-refractivity contribution in [1.29, 1.82) is 0 Å². The molecule has 0 aliphatic carbocycles. The number of thiophene rings is 1. The molecule has 4 heteroatoms. The van der Waals surface area contributed by atoms with Gasteiger partial charge in [-0.05, 0) is 37.8 Å². The second kappa shape index (κ2) is 4.40. The van der Waals surface area contributed by atoms with Gasteiger partial charge in [-0.3, -0.25) is 0 Å². The summed E-state index contributed by atoms with van der Waals surface area (Å²) in [7, 11) is 0. The third-order valence-electron chi connectivity index (χ3n) is 3.12. The molecular weight excluding hydrogens is 233 g/mol. The summed E-state index contributed by atoms with van der Waals surface area (Å²) < 4.78 is 14.7. The Morgan fingerprint density at radius 2 is 2.47 bits per heavy atom. The first-order valence-corrected chi connectivity index (χ1v) is 6.51. The number of alkyl halides is 1. The highest BCUT2D eigenvalue weighted by molar-refractivity contribution is 7.10. The van der Waals surface area contributed by atoms with Crippen molar-refractivity contribution >= 4 is 22.9 Å². The summed E-state index contributed by atoms with van der Waals surface area (Å²) in [4.78, 5) is 0.679. The van der Waals surface area contributed by atoms with E-state index in [0.717, 1.165) is 25.9 Å². The van der Waals surface area contributed by atoms with E-state index < -0.39 is 5.67 Å². The maximum absolute atomic E-state index is 14.7. The topological polar surface area (TPSA) is 12.0 Å². The van der Waals surface area contributed by atoms with Gasteiger partial charge in [0.05, 0.1) is 9.90 Å². The van der Waals surface area contributed by atoms with Crippen molar-refractivity contribution in [1.82, 2.24) is 5.32 Å². The van der Waals surface area contributed by atoms with E-state index in [4.69, 9.17) is 11.6 Å². The minimum Gasteiger partial charge on any atom is -0.316 e. The maximum atomic E-state index is 14.7. The molecule has 2 rings (SSSR count). The molecule has 15 heavy (non-hydrogen) atoms. The van der Waals surface area contributed by atoms with E-state index in [-0.39, 0.29) is 5.92 Å². The largest absolute Gasteiger partial charge is 0.316 e. The van der Waals surface area contributed by atoms with E-state index >= 15 is 0 Å². The van der Waals surface area contributed by atoms with Crippen molar-refractivity contribution in [3.8, 4) is 0 Å². The quantitative estimate of drug-likeness (QED) is 0.842. The van der Waals surface area contributed by atoms with Gasteiger partial charge < -0.3 is 5.32 Å². The first kappa shape index (κ1) is 11.4. The molecule has 2 heterocycles. The second-order valence-electron chi connectivity index (χ2n) is 4.22. The zero-order chi connectivity index (χ0) is 10.9. The summed E-state index contributed by atoms with van der Waals surface area (Å²) in [5.41, 5.74) is -1.29. The number of hydrogen-bond donors (Lipinski definition) is 1. The predicted octanol–water partition coefficient (Wildman–Crippen LogP) is 3.59. The van der Waals surface area contributed by atoms with Gasteiger partial charge in [-0.25, -0.2) is 4.39 Å². The highest BCUT2D eigenvalue weighted by Gasteiger charge is 2.39. The molecule has 0 bridgehead atoms. The summed E-state index contributed by atoms with van der Waals surface area (Å²) in [6.45, 7) is 3.41. The zero-order valence-electron chi connectivity index (χ0n) is 8.72. The first-order valence-electron chi connectivity index (χ1n) is 5.25. The van der Waals surface area contributed by atoms with Crippen LogP contribution in [-0.2, 0) is 5.67 Å². The lowest BCUT2D eigenvalue weighted by molar-refractivity contribution is 0.0851. The highest BCUT2D eigenvalue weighted by atomic mass is 35.5. The fourth-order valence-corrected chi connectivity index (χ4v) is 3.52. The number of halogens is 2. The maximum Gasteiger partial charge on any atom is 0.147 e. The summed E-state index contributed by atoms with van der Waals surface area (Å²) in [6.07, 6.45) is 1.99. The predicted molar refractivity (Wildman–Crippen MR) is 63.4 cm³/mol. The van der Waals surface area contributed by atoms with Crippen molar-refractivity contribution in [2.24, 2.45) is 5.92 Å². The van der Waals surface area contributed by atoms with Gasteiger partial charge in [0.15, 0.2) is 0 Å². The molecule has 1 aromatic rings. The standard InChI is InChI=1S/C11H15ClFNS/c1-11(13,8-3-2-5-14-7-8)10-9(12)4-6-15-10/h4,6,8,14H,2-3,5,7H2,1H3. The van der Waals surface area contributed by atoms with Gasteiger partial charge in [0.25, 0.3) is 0 Å². The van der Waals surface area contributed by atoms with Crippen molar-refractivity contribution in [3.63, 3.8) is 0 Å². The Kier molecular flexibility index (Phi) is 3.33. The van der Waals surface area contributed by atoms with Crippen LogP contribution in [-0.4, -0.2) is 13.1 Å². The van der Waals surface area contributed by atoms with Crippen LogP contribution in [0.5, 0.6) is 0 Å². The molecule has 1 N–H and O–H groups in total. The Balaban J connectivity index is 2.21. The normalized spacial score (nSPS) is 26.2. The summed E-state index contributed by atoms with van der Waals surface area (Å²) in [5, 5.41) is 5.66. The SMILES string of the molecule is CC(F)(c1sccc1Cl)C1CCCNC1. The van der Waals surface area contributed by atoms with Gasteiger partial charge in [-0.1, -0.05) is 11.6 Å². The molecule has 0 spiro atoms. The van der Waals surface area contributed by atoms with Crippen molar-refractivity contribution in [3.05, 3.63) is 21.3 Å². The molecule has 1 aromatic heterocycles. The minimum absolute atomic E-state index is 0.0439. The average molecular weight is 248 g/mol. The molecule has 0 aromatic carbocycles. The number of piperidine rings is 1. The fourth-order valence-electron chi connectivity index (χ4n) is 2.14. The monoisotopic (exact) mass is 247 g/mol. The van der Waals surface area contributed by atoms with E-state index in [2.05, 4.69) is 5.32 Å². The molecule has 1 aliphatic rings. The summed E-state index contributed by atoms with van der Waals surface area (Å²) in [6, 6.07) is 1.77.